The smallest absolute Gasteiger partial charge is 0.0468 e. The molecule has 15 aromatic carbocycles. The first-order valence-electron chi connectivity index (χ1n) is 36.3. The lowest BCUT2D eigenvalue weighted by Gasteiger charge is -2.30. The highest BCUT2D eigenvalue weighted by Crippen LogP contribution is 2.59. The van der Waals surface area contributed by atoms with Crippen LogP contribution in [0.3, 0.4) is 0 Å². The quantitative estimate of drug-likeness (QED) is 0.140. The van der Waals surface area contributed by atoms with E-state index in [4.69, 9.17) is 0 Å². The predicted octanol–water partition coefficient (Wildman–Crippen LogP) is 27.4. The van der Waals surface area contributed by atoms with Gasteiger partial charge in [-0.05, 0) is 257 Å². The molecule has 0 amide bonds. The molecule has 0 spiro atoms. The molecule has 15 aromatic rings. The Morgan fingerprint density at radius 2 is 0.584 bits per heavy atom. The molecule has 0 bridgehead atoms. The molecular formula is C99H82N2. The number of rotatable bonds is 8. The van der Waals surface area contributed by atoms with Gasteiger partial charge in [0.1, 0.15) is 0 Å². The fraction of sp³-hybridized carbons (Fsp3) is 0.172. The minimum Gasteiger partial charge on any atom is -0.310 e. The molecule has 0 atom stereocenters. The van der Waals surface area contributed by atoms with Gasteiger partial charge < -0.3 is 9.80 Å². The molecule has 0 saturated heterocycles. The summed E-state index contributed by atoms with van der Waals surface area (Å²) in [6.07, 6.45) is 0. The number of nitrogens with zero attached hydrogens (tertiary/aromatic N) is 2. The number of benzene rings is 15. The normalized spacial score (nSPS) is 15.0. The van der Waals surface area contributed by atoms with Crippen LogP contribution in [0, 0.1) is 6.92 Å². The maximum atomic E-state index is 2.57. The zero-order valence-corrected chi connectivity index (χ0v) is 60.0. The molecule has 19 rings (SSSR count). The van der Waals surface area contributed by atoms with Crippen molar-refractivity contribution in [1.82, 2.24) is 0 Å². The zero-order valence-electron chi connectivity index (χ0n) is 60.0. The summed E-state index contributed by atoms with van der Waals surface area (Å²) in [5, 5.41) is 10.0. The minimum absolute atomic E-state index is 0.0219. The van der Waals surface area contributed by atoms with Gasteiger partial charge in [-0.2, -0.15) is 0 Å². The van der Waals surface area contributed by atoms with Crippen LogP contribution in [-0.4, -0.2) is 0 Å². The van der Waals surface area contributed by atoms with Crippen LogP contribution in [-0.2, 0) is 27.1 Å². The van der Waals surface area contributed by atoms with Crippen LogP contribution in [0.1, 0.15) is 132 Å². The molecule has 2 heteroatoms. The van der Waals surface area contributed by atoms with E-state index in [0.717, 1.165) is 34.1 Å². The molecule has 0 radical (unpaired) electrons. The van der Waals surface area contributed by atoms with Gasteiger partial charge in [-0.15, -0.1) is 0 Å². The van der Waals surface area contributed by atoms with Crippen LogP contribution >= 0.6 is 0 Å². The average Bonchev–Trinajstić information content (AvgIpc) is 1.68. The summed E-state index contributed by atoms with van der Waals surface area (Å²) >= 11 is 0. The Morgan fingerprint density at radius 3 is 1.03 bits per heavy atom. The van der Waals surface area contributed by atoms with Crippen LogP contribution in [0.15, 0.2) is 279 Å². The van der Waals surface area contributed by atoms with E-state index in [-0.39, 0.29) is 27.1 Å². The number of hydrogen-bond acceptors (Lipinski definition) is 2. The SMILES string of the molecule is Cc1ccc(N(c2ccc3c(c2)C(C)(C)c2ccccc2-3)c2ccc3c(-c4ccc5c(c4)C(C)(C)c4c-5ccc5ccccc45)c4cc(N(c5ccc(C(C)(C)C)cc5)c5ccc6c(c5)C(C)(C)c5ccccc5-6)ccc4c(-c4ccc5c(c4)C(C)(C)c4c-5ccc5ccccc45)c3c2)cc1. The van der Waals surface area contributed by atoms with Gasteiger partial charge in [0, 0.05) is 55.8 Å². The summed E-state index contributed by atoms with van der Waals surface area (Å²) in [5.41, 5.74) is 34.5. The van der Waals surface area contributed by atoms with Crippen LogP contribution in [0.4, 0.5) is 34.1 Å². The van der Waals surface area contributed by atoms with Gasteiger partial charge in [0.05, 0.1) is 0 Å². The highest BCUT2D eigenvalue weighted by atomic mass is 15.1. The van der Waals surface area contributed by atoms with Gasteiger partial charge in [0.25, 0.3) is 0 Å². The average molecular weight is 1300 g/mol. The van der Waals surface area contributed by atoms with Crippen molar-refractivity contribution >= 4 is 77.2 Å². The Labute approximate surface area is 594 Å². The maximum absolute atomic E-state index is 2.57. The predicted molar refractivity (Wildman–Crippen MR) is 430 cm³/mol. The summed E-state index contributed by atoms with van der Waals surface area (Å²) < 4.78 is 0. The zero-order chi connectivity index (χ0) is 69.0. The Hall–Kier alpha value is -11.1. The first-order chi connectivity index (χ1) is 48.6. The molecule has 0 unspecified atom stereocenters. The summed E-state index contributed by atoms with van der Waals surface area (Å²) in [6, 6.07) is 108. The monoisotopic (exact) mass is 1300 g/mol. The topological polar surface area (TPSA) is 6.48 Å². The molecule has 0 aromatic heterocycles. The van der Waals surface area contributed by atoms with Gasteiger partial charge in [-0.25, -0.2) is 0 Å². The van der Waals surface area contributed by atoms with E-state index in [0.29, 0.717) is 0 Å². The Bertz CT molecular complexity index is 6060. The maximum Gasteiger partial charge on any atom is 0.0468 e. The van der Waals surface area contributed by atoms with Crippen molar-refractivity contribution in [3.63, 3.8) is 0 Å². The first-order valence-corrected chi connectivity index (χ1v) is 36.3. The second-order valence-corrected chi connectivity index (χ2v) is 32.5. The van der Waals surface area contributed by atoms with Crippen molar-refractivity contribution in [2.45, 2.75) is 110 Å². The van der Waals surface area contributed by atoms with Gasteiger partial charge in [-0.1, -0.05) is 276 Å². The third-order valence-corrected chi connectivity index (χ3v) is 24.2. The molecule has 101 heavy (non-hydrogen) atoms. The Kier molecular flexibility index (Phi) is 13.0. The second kappa shape index (κ2) is 21.5. The second-order valence-electron chi connectivity index (χ2n) is 32.5. The third-order valence-electron chi connectivity index (χ3n) is 24.2. The van der Waals surface area contributed by atoms with E-state index in [1.54, 1.807) is 0 Å². The fourth-order valence-corrected chi connectivity index (χ4v) is 19.0. The van der Waals surface area contributed by atoms with Gasteiger partial charge >= 0.3 is 0 Å². The third kappa shape index (κ3) is 8.89. The highest BCUT2D eigenvalue weighted by Gasteiger charge is 2.41. The summed E-state index contributed by atoms with van der Waals surface area (Å²) in [4.78, 5) is 5.05. The highest BCUT2D eigenvalue weighted by molar-refractivity contribution is 6.23. The van der Waals surface area contributed by atoms with Crippen LogP contribution < -0.4 is 9.80 Å². The molecule has 2 nitrogen and oxygen atoms in total. The number of hydrogen-bond donors (Lipinski definition) is 0. The van der Waals surface area contributed by atoms with Crippen LogP contribution in [0.25, 0.3) is 110 Å². The molecular weight excluding hydrogens is 1220 g/mol. The summed E-state index contributed by atoms with van der Waals surface area (Å²) in [7, 11) is 0. The Morgan fingerprint density at radius 1 is 0.248 bits per heavy atom. The largest absolute Gasteiger partial charge is 0.310 e. The van der Waals surface area contributed by atoms with E-state index >= 15 is 0 Å². The van der Waals surface area contributed by atoms with Gasteiger partial charge in [0.2, 0.25) is 0 Å². The molecule has 4 aliphatic carbocycles. The van der Waals surface area contributed by atoms with E-state index in [1.165, 1.54) is 165 Å². The van der Waals surface area contributed by atoms with Crippen molar-refractivity contribution in [2.75, 3.05) is 9.80 Å². The first kappa shape index (κ1) is 61.1. The van der Waals surface area contributed by atoms with Crippen molar-refractivity contribution in [2.24, 2.45) is 0 Å². The lowest BCUT2D eigenvalue weighted by Crippen LogP contribution is -2.17. The van der Waals surface area contributed by atoms with E-state index in [1.807, 2.05) is 0 Å². The van der Waals surface area contributed by atoms with Crippen molar-refractivity contribution in [3.8, 4) is 66.8 Å². The fourth-order valence-electron chi connectivity index (χ4n) is 19.0. The van der Waals surface area contributed by atoms with Gasteiger partial charge in [0.15, 0.2) is 0 Å². The van der Waals surface area contributed by atoms with Crippen molar-refractivity contribution in [1.29, 1.82) is 0 Å². The Balaban J connectivity index is 0.909. The minimum atomic E-state index is -0.289. The number of fused-ring (bicyclic) bond motifs is 18. The van der Waals surface area contributed by atoms with Crippen LogP contribution in [0.2, 0.25) is 0 Å². The number of aryl methyl sites for hydroxylation is 1. The van der Waals surface area contributed by atoms with Gasteiger partial charge in [-0.3, -0.25) is 0 Å². The standard InChI is InChI=1S/C99H82N2/c1-59-29-37-65(38-30-59)100(69-41-49-75-73-25-17-19-27-85(73)96(5,6)89(75)57-69)67-43-51-79-83(55-67)91(62-33-45-77-81-47-31-60-21-13-15-23-71(60)93(81)98(9,10)87(77)53-62)80-52-44-68(56-84(80)92(79)63-34-46-78-82-48-32-61-22-14-16-24-72(61)94(82)99(11,12)88(78)54-63)101(66-39-35-64(36-40-66)95(2,3)4)70-42-50-76-74-26-18-20-28-86(74)97(7,8)90(76)58-70/h13-58H,1-12H3. The van der Waals surface area contributed by atoms with Crippen molar-refractivity contribution < 1.29 is 0 Å². The lowest BCUT2D eigenvalue weighted by atomic mass is 9.78. The number of anilines is 6. The molecule has 0 fully saturated rings. The lowest BCUT2D eigenvalue weighted by molar-refractivity contribution is 0.590. The molecule has 4 aliphatic rings. The molecule has 488 valence electrons. The van der Waals surface area contributed by atoms with E-state index < -0.39 is 0 Å². The van der Waals surface area contributed by atoms with Crippen molar-refractivity contribution in [3.05, 3.63) is 335 Å². The van der Waals surface area contributed by atoms with E-state index in [2.05, 4.69) is 372 Å². The van der Waals surface area contributed by atoms with Crippen LogP contribution in [0.5, 0.6) is 0 Å². The summed E-state index contributed by atoms with van der Waals surface area (Å²) in [5.74, 6) is 0. The molecule has 0 aliphatic heterocycles. The molecule has 0 N–H and O–H groups in total. The summed E-state index contributed by atoms with van der Waals surface area (Å²) in [6.45, 7) is 28.5. The molecule has 0 saturated carbocycles. The molecule has 0 heterocycles. The van der Waals surface area contributed by atoms with E-state index in [9.17, 15) is 0 Å².